The molecule has 2 aliphatic rings. The first-order valence-electron chi connectivity index (χ1n) is 6.56. The van der Waals surface area contributed by atoms with Crippen molar-refractivity contribution < 1.29 is 8.42 Å². The highest BCUT2D eigenvalue weighted by atomic mass is 32.2. The van der Waals surface area contributed by atoms with Crippen molar-refractivity contribution in [2.45, 2.75) is 25.8 Å². The van der Waals surface area contributed by atoms with E-state index in [4.69, 9.17) is 0 Å². The second-order valence-corrected chi connectivity index (χ2v) is 7.01. The summed E-state index contributed by atoms with van der Waals surface area (Å²) >= 11 is 0. The highest BCUT2D eigenvalue weighted by molar-refractivity contribution is 7.89. The third kappa shape index (κ3) is 3.19. The first-order valence-corrected chi connectivity index (χ1v) is 8.17. The van der Waals surface area contributed by atoms with Crippen molar-refractivity contribution >= 4 is 10.0 Å². The molecule has 0 bridgehead atoms. The third-order valence-electron chi connectivity index (χ3n) is 3.65. The summed E-state index contributed by atoms with van der Waals surface area (Å²) in [4.78, 5) is 2.41. The van der Waals surface area contributed by atoms with Gasteiger partial charge in [0, 0.05) is 45.3 Å². The fourth-order valence-corrected chi connectivity index (χ4v) is 4.09. The van der Waals surface area contributed by atoms with E-state index in [-0.39, 0.29) is 0 Å². The second kappa shape index (κ2) is 5.65. The molecule has 0 aromatic heterocycles. The molecule has 1 N–H and O–H groups in total. The van der Waals surface area contributed by atoms with E-state index < -0.39 is 10.0 Å². The van der Waals surface area contributed by atoms with Crippen LogP contribution in [0.5, 0.6) is 0 Å². The van der Waals surface area contributed by atoms with Crippen LogP contribution in [0, 0.1) is 0 Å². The summed E-state index contributed by atoms with van der Waals surface area (Å²) in [5, 5.41) is 3.31. The Labute approximate surface area is 104 Å². The van der Waals surface area contributed by atoms with Gasteiger partial charge in [0.05, 0.1) is 5.75 Å². The molecule has 0 atom stereocenters. The van der Waals surface area contributed by atoms with Gasteiger partial charge in [-0.1, -0.05) is 13.3 Å². The van der Waals surface area contributed by atoms with Gasteiger partial charge in [-0.05, 0) is 6.42 Å². The van der Waals surface area contributed by atoms with Crippen molar-refractivity contribution in [2.75, 3.05) is 45.0 Å². The summed E-state index contributed by atoms with van der Waals surface area (Å²) in [5.41, 5.74) is 0. The highest BCUT2D eigenvalue weighted by Crippen LogP contribution is 2.20. The normalized spacial score (nSPS) is 24.8. The van der Waals surface area contributed by atoms with E-state index in [1.807, 2.05) is 6.92 Å². The molecule has 2 saturated heterocycles. The molecule has 2 aliphatic heterocycles. The zero-order chi connectivity index (χ0) is 12.3. The number of nitrogens with zero attached hydrogens (tertiary/aromatic N) is 2. The Balaban J connectivity index is 1.77. The monoisotopic (exact) mass is 261 g/mol. The van der Waals surface area contributed by atoms with Crippen LogP contribution in [0.4, 0.5) is 0 Å². The molecule has 2 heterocycles. The number of nitrogens with one attached hydrogen (secondary N) is 1. The number of rotatable bonds is 5. The summed E-state index contributed by atoms with van der Waals surface area (Å²) in [6.45, 7) is 7.58. The summed E-state index contributed by atoms with van der Waals surface area (Å²) in [6.07, 6.45) is 1.71. The van der Waals surface area contributed by atoms with Crippen LogP contribution in [0.2, 0.25) is 0 Å². The van der Waals surface area contributed by atoms with Gasteiger partial charge in [0.15, 0.2) is 0 Å². The quantitative estimate of drug-likeness (QED) is 0.739. The molecule has 2 rings (SSSR count). The van der Waals surface area contributed by atoms with Crippen LogP contribution in [-0.2, 0) is 10.0 Å². The molecule has 5 nitrogen and oxygen atoms in total. The van der Waals surface area contributed by atoms with Crippen LogP contribution < -0.4 is 5.32 Å². The molecule has 0 spiro atoms. The highest BCUT2D eigenvalue weighted by Gasteiger charge is 2.38. The maximum atomic E-state index is 11.9. The zero-order valence-electron chi connectivity index (χ0n) is 10.6. The molecule has 0 radical (unpaired) electrons. The van der Waals surface area contributed by atoms with E-state index in [0.29, 0.717) is 24.9 Å². The van der Waals surface area contributed by atoms with E-state index in [0.717, 1.165) is 39.0 Å². The Morgan fingerprint density at radius 3 is 2.47 bits per heavy atom. The van der Waals surface area contributed by atoms with Crippen molar-refractivity contribution in [3.63, 3.8) is 0 Å². The van der Waals surface area contributed by atoms with Gasteiger partial charge >= 0.3 is 0 Å². The average Bonchev–Trinajstić information content (AvgIpc) is 2.25. The topological polar surface area (TPSA) is 52.7 Å². The number of sulfonamides is 1. The molecular weight excluding hydrogens is 238 g/mol. The van der Waals surface area contributed by atoms with Crippen LogP contribution in [0.1, 0.15) is 19.8 Å². The fraction of sp³-hybridized carbons (Fsp3) is 1.00. The van der Waals surface area contributed by atoms with Crippen molar-refractivity contribution in [1.82, 2.24) is 14.5 Å². The van der Waals surface area contributed by atoms with Crippen LogP contribution in [0.15, 0.2) is 0 Å². The van der Waals surface area contributed by atoms with E-state index >= 15 is 0 Å². The smallest absolute Gasteiger partial charge is 0.214 e. The molecule has 17 heavy (non-hydrogen) atoms. The Bertz CT molecular complexity index is 333. The summed E-state index contributed by atoms with van der Waals surface area (Å²) in [6, 6.07) is 0.452. The molecule has 0 aromatic carbocycles. The van der Waals surface area contributed by atoms with Gasteiger partial charge in [-0.3, -0.25) is 4.90 Å². The van der Waals surface area contributed by atoms with Gasteiger partial charge in [-0.2, -0.15) is 4.31 Å². The fourth-order valence-electron chi connectivity index (χ4n) is 2.38. The zero-order valence-corrected chi connectivity index (χ0v) is 11.4. The van der Waals surface area contributed by atoms with Crippen LogP contribution in [0.3, 0.4) is 0 Å². The van der Waals surface area contributed by atoms with Gasteiger partial charge in [0.1, 0.15) is 0 Å². The van der Waals surface area contributed by atoms with Crippen LogP contribution in [0.25, 0.3) is 0 Å². The third-order valence-corrected chi connectivity index (χ3v) is 5.54. The lowest BCUT2D eigenvalue weighted by Crippen LogP contribution is -2.64. The minimum absolute atomic E-state index is 0.317. The lowest BCUT2D eigenvalue weighted by molar-refractivity contribution is 0.0773. The minimum atomic E-state index is -2.97. The Morgan fingerprint density at radius 2 is 1.88 bits per heavy atom. The standard InChI is InChI=1S/C11H23N3O2S/c1-2-3-8-17(15,16)14-9-11(10-14)13-6-4-12-5-7-13/h11-12H,2-10H2,1H3. The summed E-state index contributed by atoms with van der Waals surface area (Å²) in [5.74, 6) is 0.317. The van der Waals surface area contributed by atoms with Crippen LogP contribution >= 0.6 is 0 Å². The molecule has 6 heteroatoms. The van der Waals surface area contributed by atoms with Gasteiger partial charge in [-0.15, -0.1) is 0 Å². The lowest BCUT2D eigenvalue weighted by atomic mass is 10.1. The Kier molecular flexibility index (Phi) is 4.41. The molecule has 0 unspecified atom stereocenters. The SMILES string of the molecule is CCCCS(=O)(=O)N1CC(N2CCNCC2)C1. The first-order chi connectivity index (χ1) is 8.13. The number of unbranched alkanes of at least 4 members (excludes halogenated alkanes) is 1. The number of hydrogen-bond acceptors (Lipinski definition) is 4. The number of piperazine rings is 1. The second-order valence-electron chi connectivity index (χ2n) is 4.93. The predicted molar refractivity (Wildman–Crippen MR) is 68.5 cm³/mol. The Hall–Kier alpha value is -0.170. The lowest BCUT2D eigenvalue weighted by Gasteiger charge is -2.45. The van der Waals surface area contributed by atoms with Crippen molar-refractivity contribution in [3.8, 4) is 0 Å². The predicted octanol–water partition coefficient (Wildman–Crippen LogP) is -0.294. The molecular formula is C11H23N3O2S. The van der Waals surface area contributed by atoms with Crippen LogP contribution in [-0.4, -0.2) is 68.7 Å². The first kappa shape index (κ1) is 13.3. The van der Waals surface area contributed by atoms with E-state index in [1.165, 1.54) is 0 Å². The van der Waals surface area contributed by atoms with Crippen molar-refractivity contribution in [2.24, 2.45) is 0 Å². The average molecular weight is 261 g/mol. The molecule has 0 amide bonds. The van der Waals surface area contributed by atoms with E-state index in [1.54, 1.807) is 4.31 Å². The maximum absolute atomic E-state index is 11.9. The van der Waals surface area contributed by atoms with Gasteiger partial charge in [-0.25, -0.2) is 8.42 Å². The van der Waals surface area contributed by atoms with Crippen molar-refractivity contribution in [1.29, 1.82) is 0 Å². The molecule has 0 aliphatic carbocycles. The summed E-state index contributed by atoms with van der Waals surface area (Å²) < 4.78 is 25.4. The molecule has 100 valence electrons. The maximum Gasteiger partial charge on any atom is 0.214 e. The van der Waals surface area contributed by atoms with Crippen molar-refractivity contribution in [3.05, 3.63) is 0 Å². The molecule has 0 aromatic rings. The molecule has 0 saturated carbocycles. The summed E-state index contributed by atoms with van der Waals surface area (Å²) in [7, 11) is -2.97. The molecule has 2 fully saturated rings. The number of hydrogen-bond donors (Lipinski definition) is 1. The van der Waals surface area contributed by atoms with Gasteiger partial charge < -0.3 is 5.32 Å². The largest absolute Gasteiger partial charge is 0.314 e. The van der Waals surface area contributed by atoms with E-state index in [2.05, 4.69) is 10.2 Å². The van der Waals surface area contributed by atoms with Gasteiger partial charge in [0.25, 0.3) is 0 Å². The van der Waals surface area contributed by atoms with E-state index in [9.17, 15) is 8.42 Å². The minimum Gasteiger partial charge on any atom is -0.314 e. The van der Waals surface area contributed by atoms with Gasteiger partial charge in [0.2, 0.25) is 10.0 Å². The Morgan fingerprint density at radius 1 is 1.24 bits per heavy atom.